The van der Waals surface area contributed by atoms with Gasteiger partial charge in [-0.1, -0.05) is 6.07 Å². The van der Waals surface area contributed by atoms with Gasteiger partial charge in [0.2, 0.25) is 5.95 Å². The quantitative estimate of drug-likeness (QED) is 0.426. The average molecular weight is 247 g/mol. The predicted molar refractivity (Wildman–Crippen MR) is 64.0 cm³/mol. The van der Waals surface area contributed by atoms with Crippen LogP contribution in [0.5, 0.6) is 0 Å². The monoisotopic (exact) mass is 247 g/mol. The van der Waals surface area contributed by atoms with Crippen LogP contribution in [0.15, 0.2) is 30.6 Å². The summed E-state index contributed by atoms with van der Waals surface area (Å²) in [5.74, 6) is -0.322. The Bertz CT molecular complexity index is 594. The van der Waals surface area contributed by atoms with Crippen LogP contribution in [0.25, 0.3) is 0 Å². The van der Waals surface area contributed by atoms with Gasteiger partial charge in [-0.2, -0.15) is 0 Å². The predicted octanol–water partition coefficient (Wildman–Crippen LogP) is 1.15. The Morgan fingerprint density at radius 1 is 1.50 bits per heavy atom. The Labute approximate surface area is 101 Å². The van der Waals surface area contributed by atoms with Crippen LogP contribution in [0.4, 0.5) is 17.3 Å². The molecule has 0 spiro atoms. The van der Waals surface area contributed by atoms with Crippen LogP contribution < -0.4 is 11.1 Å². The van der Waals surface area contributed by atoms with Crippen molar-refractivity contribution in [2.75, 3.05) is 11.1 Å². The van der Waals surface area contributed by atoms with E-state index in [1.165, 1.54) is 30.6 Å². The summed E-state index contributed by atoms with van der Waals surface area (Å²) in [4.78, 5) is 28.4. The molecule has 0 atom stereocenters. The lowest BCUT2D eigenvalue weighted by molar-refractivity contribution is -0.383. The number of amides is 1. The van der Waals surface area contributed by atoms with E-state index in [-0.39, 0.29) is 22.9 Å². The molecule has 0 bridgehead atoms. The van der Waals surface area contributed by atoms with Gasteiger partial charge in [0.15, 0.2) is 0 Å². The van der Waals surface area contributed by atoms with Crippen LogP contribution in [0.2, 0.25) is 0 Å². The van der Waals surface area contributed by atoms with Gasteiger partial charge in [-0.15, -0.1) is 0 Å². The molecule has 8 heteroatoms. The van der Waals surface area contributed by atoms with E-state index in [1.54, 1.807) is 0 Å². The number of aromatic amines is 1. The highest BCUT2D eigenvalue weighted by Gasteiger charge is 2.19. The zero-order chi connectivity index (χ0) is 13.1. The molecule has 0 saturated heterocycles. The maximum atomic E-state index is 11.8. The van der Waals surface area contributed by atoms with Crippen LogP contribution in [0.3, 0.4) is 0 Å². The Morgan fingerprint density at radius 2 is 2.28 bits per heavy atom. The molecule has 0 unspecified atom stereocenters. The molecule has 92 valence electrons. The standard InChI is InChI=1S/C10H9N5O3/c11-8-6(2-1-3-7(8)15(17)18)9(16)14-10-12-4-5-13-10/h1-5H,11H2,(H2,12,13,14,16). The fraction of sp³-hybridized carbons (Fsp3) is 0. The number of imidazole rings is 1. The molecule has 1 aromatic heterocycles. The van der Waals surface area contributed by atoms with Crippen LogP contribution in [0.1, 0.15) is 10.4 Å². The van der Waals surface area contributed by atoms with Gasteiger partial charge in [0.05, 0.1) is 10.5 Å². The first-order chi connectivity index (χ1) is 8.59. The number of aromatic nitrogens is 2. The average Bonchev–Trinajstić information content (AvgIpc) is 2.81. The van der Waals surface area contributed by atoms with Crippen molar-refractivity contribution in [3.63, 3.8) is 0 Å². The van der Waals surface area contributed by atoms with E-state index >= 15 is 0 Å². The summed E-state index contributed by atoms with van der Waals surface area (Å²) in [6.07, 6.45) is 3.00. The minimum Gasteiger partial charge on any atom is -0.393 e. The van der Waals surface area contributed by atoms with E-state index in [9.17, 15) is 14.9 Å². The Hall–Kier alpha value is -2.90. The van der Waals surface area contributed by atoms with Crippen LogP contribution in [-0.4, -0.2) is 20.8 Å². The summed E-state index contributed by atoms with van der Waals surface area (Å²) >= 11 is 0. The van der Waals surface area contributed by atoms with Crippen molar-refractivity contribution in [2.45, 2.75) is 0 Å². The SMILES string of the molecule is Nc1c(C(=O)Nc2ncc[nH]2)cccc1[N+](=O)[O-]. The van der Waals surface area contributed by atoms with Gasteiger partial charge >= 0.3 is 0 Å². The topological polar surface area (TPSA) is 127 Å². The summed E-state index contributed by atoms with van der Waals surface area (Å²) < 4.78 is 0. The summed E-state index contributed by atoms with van der Waals surface area (Å²) in [6.45, 7) is 0. The van der Waals surface area contributed by atoms with E-state index < -0.39 is 10.8 Å². The van der Waals surface area contributed by atoms with Crippen LogP contribution in [-0.2, 0) is 0 Å². The second kappa shape index (κ2) is 4.53. The summed E-state index contributed by atoms with van der Waals surface area (Å²) in [6, 6.07) is 4.03. The molecule has 2 rings (SSSR count). The lowest BCUT2D eigenvalue weighted by Crippen LogP contribution is -2.15. The molecule has 0 fully saturated rings. The van der Waals surface area contributed by atoms with E-state index in [4.69, 9.17) is 5.73 Å². The van der Waals surface area contributed by atoms with E-state index in [1.807, 2.05) is 0 Å². The van der Waals surface area contributed by atoms with Crippen molar-refractivity contribution < 1.29 is 9.72 Å². The third kappa shape index (κ3) is 2.12. The number of hydrogen-bond donors (Lipinski definition) is 3. The molecule has 0 aliphatic carbocycles. The number of nitrogen functional groups attached to an aromatic ring is 1. The first-order valence-corrected chi connectivity index (χ1v) is 4.93. The number of nitrogens with one attached hydrogen (secondary N) is 2. The van der Waals surface area contributed by atoms with Crippen molar-refractivity contribution >= 4 is 23.2 Å². The molecule has 4 N–H and O–H groups in total. The second-order valence-electron chi connectivity index (χ2n) is 3.39. The van der Waals surface area contributed by atoms with Crippen molar-refractivity contribution in [1.29, 1.82) is 0 Å². The summed E-state index contributed by atoms with van der Waals surface area (Å²) in [5.41, 5.74) is 5.13. The lowest BCUT2D eigenvalue weighted by Gasteiger charge is -2.05. The first kappa shape index (κ1) is 11.6. The van der Waals surface area contributed by atoms with Gasteiger partial charge in [0.25, 0.3) is 11.6 Å². The van der Waals surface area contributed by atoms with E-state index in [2.05, 4.69) is 15.3 Å². The number of rotatable bonds is 3. The number of para-hydroxylation sites is 1. The molecule has 18 heavy (non-hydrogen) atoms. The molecule has 0 aliphatic rings. The first-order valence-electron chi connectivity index (χ1n) is 4.93. The number of nitrogens with zero attached hydrogens (tertiary/aromatic N) is 2. The molecule has 0 radical (unpaired) electrons. The Kier molecular flexibility index (Phi) is 2.92. The van der Waals surface area contributed by atoms with Gasteiger partial charge in [0.1, 0.15) is 5.69 Å². The molecular weight excluding hydrogens is 238 g/mol. The fourth-order valence-corrected chi connectivity index (χ4v) is 1.42. The van der Waals surface area contributed by atoms with Crippen LogP contribution >= 0.6 is 0 Å². The van der Waals surface area contributed by atoms with E-state index in [0.29, 0.717) is 0 Å². The lowest BCUT2D eigenvalue weighted by atomic mass is 10.1. The number of nitro benzene ring substituents is 1. The minimum atomic E-state index is -0.640. The van der Waals surface area contributed by atoms with Gasteiger partial charge in [0, 0.05) is 18.5 Å². The third-order valence-electron chi connectivity index (χ3n) is 2.25. The highest BCUT2D eigenvalue weighted by molar-refractivity contribution is 6.08. The smallest absolute Gasteiger partial charge is 0.292 e. The summed E-state index contributed by atoms with van der Waals surface area (Å²) in [7, 11) is 0. The van der Waals surface area contributed by atoms with Crippen LogP contribution in [0, 0.1) is 10.1 Å². The molecular formula is C10H9N5O3. The molecule has 0 saturated carbocycles. The number of carbonyl (C=O) groups is 1. The number of nitro groups is 1. The summed E-state index contributed by atoms with van der Waals surface area (Å²) in [5, 5.41) is 13.1. The zero-order valence-corrected chi connectivity index (χ0v) is 9.08. The number of nitrogens with two attached hydrogens (primary N) is 1. The van der Waals surface area contributed by atoms with Crippen molar-refractivity contribution in [2.24, 2.45) is 0 Å². The van der Waals surface area contributed by atoms with Crippen molar-refractivity contribution in [3.05, 3.63) is 46.3 Å². The maximum Gasteiger partial charge on any atom is 0.292 e. The number of hydrogen-bond acceptors (Lipinski definition) is 5. The molecule has 0 aliphatic heterocycles. The number of anilines is 2. The third-order valence-corrected chi connectivity index (χ3v) is 2.25. The number of carbonyl (C=O) groups excluding carboxylic acids is 1. The minimum absolute atomic E-state index is 0.0283. The zero-order valence-electron chi connectivity index (χ0n) is 9.08. The Morgan fingerprint density at radius 3 is 2.89 bits per heavy atom. The van der Waals surface area contributed by atoms with Gasteiger partial charge in [-0.05, 0) is 6.07 Å². The van der Waals surface area contributed by atoms with Crippen molar-refractivity contribution in [1.82, 2.24) is 9.97 Å². The highest BCUT2D eigenvalue weighted by Crippen LogP contribution is 2.25. The van der Waals surface area contributed by atoms with E-state index in [0.717, 1.165) is 0 Å². The molecule has 2 aromatic rings. The Balaban J connectivity index is 2.31. The highest BCUT2D eigenvalue weighted by atomic mass is 16.6. The molecule has 8 nitrogen and oxygen atoms in total. The fourth-order valence-electron chi connectivity index (χ4n) is 1.42. The molecule has 1 heterocycles. The number of benzene rings is 1. The van der Waals surface area contributed by atoms with Gasteiger partial charge in [-0.3, -0.25) is 20.2 Å². The number of H-pyrrole nitrogens is 1. The normalized spacial score (nSPS) is 10.0. The van der Waals surface area contributed by atoms with Crippen molar-refractivity contribution in [3.8, 4) is 0 Å². The van der Waals surface area contributed by atoms with Gasteiger partial charge in [-0.25, -0.2) is 4.98 Å². The van der Waals surface area contributed by atoms with Gasteiger partial charge < -0.3 is 10.7 Å². The largest absolute Gasteiger partial charge is 0.393 e. The second-order valence-corrected chi connectivity index (χ2v) is 3.39. The molecule has 1 amide bonds. The molecule has 1 aromatic carbocycles. The maximum absolute atomic E-state index is 11.8.